The van der Waals surface area contributed by atoms with Crippen molar-refractivity contribution in [3.8, 4) is 11.5 Å². The fraction of sp³-hybridized carbons (Fsp3) is 0.125. The maximum absolute atomic E-state index is 12.2. The highest BCUT2D eigenvalue weighted by Gasteiger charge is 2.12. The van der Waals surface area contributed by atoms with Crippen LogP contribution < -0.4 is 20.2 Å². The zero-order valence-electron chi connectivity index (χ0n) is 17.1. The zero-order chi connectivity index (χ0) is 21.9. The molecular formula is C24H23N3O4. The molecule has 2 N–H and O–H groups in total. The number of carbonyl (C=O) groups excluding carboxylic acids is 2. The number of nitrogens with zero attached hydrogens (tertiary/aromatic N) is 1. The zero-order valence-corrected chi connectivity index (χ0v) is 17.1. The standard InChI is InChI=1S/C24H23N3O4/c1-30-22-14-8-6-12-20(22)24(29)25-16-23(28)27-26-15-19-11-5-7-13-21(19)31-17-18-9-3-2-4-10-18/h2-15H,16-17H2,1H3,(H,25,29)(H,27,28). The van der Waals surface area contributed by atoms with Crippen molar-refractivity contribution in [2.75, 3.05) is 13.7 Å². The molecular weight excluding hydrogens is 394 g/mol. The monoisotopic (exact) mass is 417 g/mol. The molecule has 3 aromatic rings. The van der Waals surface area contributed by atoms with Gasteiger partial charge >= 0.3 is 0 Å². The van der Waals surface area contributed by atoms with Gasteiger partial charge in [0.2, 0.25) is 0 Å². The van der Waals surface area contributed by atoms with Crippen LogP contribution in [0.15, 0.2) is 84.0 Å². The van der Waals surface area contributed by atoms with Gasteiger partial charge < -0.3 is 14.8 Å². The van der Waals surface area contributed by atoms with E-state index in [1.807, 2.05) is 54.6 Å². The molecule has 3 rings (SSSR count). The lowest BCUT2D eigenvalue weighted by Crippen LogP contribution is -2.35. The number of para-hydroxylation sites is 2. The van der Waals surface area contributed by atoms with E-state index < -0.39 is 11.8 Å². The number of hydrogen-bond donors (Lipinski definition) is 2. The van der Waals surface area contributed by atoms with E-state index in [2.05, 4.69) is 15.8 Å². The number of benzene rings is 3. The first-order valence-corrected chi connectivity index (χ1v) is 9.66. The number of rotatable bonds is 9. The van der Waals surface area contributed by atoms with Crippen LogP contribution in [0.4, 0.5) is 0 Å². The first-order chi connectivity index (χ1) is 15.2. The summed E-state index contributed by atoms with van der Waals surface area (Å²) in [5.41, 5.74) is 4.52. The summed E-state index contributed by atoms with van der Waals surface area (Å²) in [6.45, 7) is 0.202. The number of carbonyl (C=O) groups is 2. The predicted octanol–water partition coefficient (Wildman–Crippen LogP) is 3.15. The van der Waals surface area contributed by atoms with E-state index in [0.29, 0.717) is 23.7 Å². The van der Waals surface area contributed by atoms with Crippen molar-refractivity contribution in [3.05, 3.63) is 95.6 Å². The molecule has 0 bridgehead atoms. The van der Waals surface area contributed by atoms with E-state index >= 15 is 0 Å². The molecule has 0 saturated carbocycles. The van der Waals surface area contributed by atoms with E-state index in [1.54, 1.807) is 24.3 Å². The van der Waals surface area contributed by atoms with Gasteiger partial charge in [-0.15, -0.1) is 0 Å². The van der Waals surface area contributed by atoms with Gasteiger partial charge in [0, 0.05) is 5.56 Å². The molecule has 0 aliphatic carbocycles. The highest BCUT2D eigenvalue weighted by Crippen LogP contribution is 2.18. The SMILES string of the molecule is COc1ccccc1C(=O)NCC(=O)NN=Cc1ccccc1OCc1ccccc1. The van der Waals surface area contributed by atoms with Crippen molar-refractivity contribution in [2.45, 2.75) is 6.61 Å². The molecule has 0 aliphatic heterocycles. The summed E-state index contributed by atoms with van der Waals surface area (Å²) in [5.74, 6) is 0.220. The van der Waals surface area contributed by atoms with Crippen molar-refractivity contribution in [1.82, 2.24) is 10.7 Å². The van der Waals surface area contributed by atoms with Gasteiger partial charge in [0.1, 0.15) is 18.1 Å². The Balaban J connectivity index is 1.51. The van der Waals surface area contributed by atoms with Gasteiger partial charge in [-0.05, 0) is 29.8 Å². The Hall–Kier alpha value is -4.13. The van der Waals surface area contributed by atoms with Crippen LogP contribution in [0, 0.1) is 0 Å². The summed E-state index contributed by atoms with van der Waals surface area (Å²) in [6.07, 6.45) is 1.50. The van der Waals surface area contributed by atoms with Crippen LogP contribution in [0.25, 0.3) is 0 Å². The topological polar surface area (TPSA) is 89.0 Å². The first kappa shape index (κ1) is 21.6. The van der Waals surface area contributed by atoms with Crippen molar-refractivity contribution >= 4 is 18.0 Å². The van der Waals surface area contributed by atoms with E-state index in [-0.39, 0.29) is 6.54 Å². The fourth-order valence-corrected chi connectivity index (χ4v) is 2.76. The summed E-state index contributed by atoms with van der Waals surface area (Å²) in [7, 11) is 1.48. The normalized spacial score (nSPS) is 10.5. The van der Waals surface area contributed by atoms with Gasteiger partial charge in [0.05, 0.1) is 25.4 Å². The molecule has 0 aromatic heterocycles. The number of amides is 2. The van der Waals surface area contributed by atoms with Crippen LogP contribution >= 0.6 is 0 Å². The minimum atomic E-state index is -0.456. The van der Waals surface area contributed by atoms with Crippen LogP contribution in [0.1, 0.15) is 21.5 Å². The lowest BCUT2D eigenvalue weighted by Gasteiger charge is -2.09. The van der Waals surface area contributed by atoms with Crippen LogP contribution in [0.3, 0.4) is 0 Å². The average Bonchev–Trinajstić information content (AvgIpc) is 2.82. The summed E-state index contributed by atoms with van der Waals surface area (Å²) >= 11 is 0. The molecule has 31 heavy (non-hydrogen) atoms. The summed E-state index contributed by atoms with van der Waals surface area (Å²) < 4.78 is 11.0. The molecule has 0 unspecified atom stereocenters. The molecule has 0 spiro atoms. The van der Waals surface area contributed by atoms with Crippen LogP contribution in [0.5, 0.6) is 11.5 Å². The van der Waals surface area contributed by atoms with E-state index in [4.69, 9.17) is 9.47 Å². The third-order valence-corrected chi connectivity index (χ3v) is 4.31. The molecule has 2 amide bonds. The number of nitrogens with one attached hydrogen (secondary N) is 2. The van der Waals surface area contributed by atoms with Crippen LogP contribution in [-0.4, -0.2) is 31.7 Å². The lowest BCUT2D eigenvalue weighted by molar-refractivity contribution is -0.120. The third-order valence-electron chi connectivity index (χ3n) is 4.31. The maximum atomic E-state index is 12.2. The molecule has 0 atom stereocenters. The molecule has 7 nitrogen and oxygen atoms in total. The van der Waals surface area contributed by atoms with Gasteiger partial charge in [-0.1, -0.05) is 54.6 Å². The molecule has 0 fully saturated rings. The van der Waals surface area contributed by atoms with Gasteiger partial charge in [-0.3, -0.25) is 9.59 Å². The minimum absolute atomic E-state index is 0.222. The van der Waals surface area contributed by atoms with Gasteiger partial charge in [-0.2, -0.15) is 5.10 Å². The molecule has 7 heteroatoms. The van der Waals surface area contributed by atoms with Crippen LogP contribution in [0.2, 0.25) is 0 Å². The van der Waals surface area contributed by atoms with Gasteiger partial charge in [-0.25, -0.2) is 5.43 Å². The smallest absolute Gasteiger partial charge is 0.259 e. The van der Waals surface area contributed by atoms with Crippen molar-refractivity contribution in [3.63, 3.8) is 0 Å². The Morgan fingerprint density at radius 3 is 2.35 bits per heavy atom. The average molecular weight is 417 g/mol. The van der Waals surface area contributed by atoms with Gasteiger partial charge in [0.15, 0.2) is 0 Å². The Bertz CT molecular complexity index is 1050. The second-order valence-electron chi connectivity index (χ2n) is 6.49. The van der Waals surface area contributed by atoms with Crippen molar-refractivity contribution < 1.29 is 19.1 Å². The van der Waals surface area contributed by atoms with E-state index in [1.165, 1.54) is 13.3 Å². The van der Waals surface area contributed by atoms with Crippen LogP contribution in [-0.2, 0) is 11.4 Å². The summed E-state index contributed by atoms with van der Waals surface area (Å²) in [4.78, 5) is 24.2. The fourth-order valence-electron chi connectivity index (χ4n) is 2.76. The van der Waals surface area contributed by atoms with Crippen molar-refractivity contribution in [2.24, 2.45) is 5.10 Å². The van der Waals surface area contributed by atoms with Crippen molar-refractivity contribution in [1.29, 1.82) is 0 Å². The molecule has 0 heterocycles. The summed E-state index contributed by atoms with van der Waals surface area (Å²) in [5, 5.41) is 6.50. The lowest BCUT2D eigenvalue weighted by atomic mass is 10.2. The quantitative estimate of drug-likeness (QED) is 0.413. The summed E-state index contributed by atoms with van der Waals surface area (Å²) in [6, 6.07) is 24.0. The highest BCUT2D eigenvalue weighted by atomic mass is 16.5. The number of hydrogen-bond acceptors (Lipinski definition) is 5. The molecule has 3 aromatic carbocycles. The first-order valence-electron chi connectivity index (χ1n) is 9.66. The largest absolute Gasteiger partial charge is 0.496 e. The van der Waals surface area contributed by atoms with E-state index in [9.17, 15) is 9.59 Å². The Kier molecular flexibility index (Phi) is 7.77. The predicted molar refractivity (Wildman–Crippen MR) is 118 cm³/mol. The minimum Gasteiger partial charge on any atom is -0.496 e. The number of ether oxygens (including phenoxy) is 2. The van der Waals surface area contributed by atoms with E-state index in [0.717, 1.165) is 11.1 Å². The number of methoxy groups -OCH3 is 1. The molecule has 0 aliphatic rings. The van der Waals surface area contributed by atoms with Gasteiger partial charge in [0.25, 0.3) is 11.8 Å². The number of hydrazone groups is 1. The Labute approximate surface area is 180 Å². The third kappa shape index (κ3) is 6.43. The Morgan fingerprint density at radius 2 is 1.58 bits per heavy atom. The second kappa shape index (κ2) is 11.2. The maximum Gasteiger partial charge on any atom is 0.259 e. The molecule has 158 valence electrons. The highest BCUT2D eigenvalue weighted by molar-refractivity contribution is 5.98. The Morgan fingerprint density at radius 1 is 0.903 bits per heavy atom. The molecule has 0 radical (unpaired) electrons. The molecule has 0 saturated heterocycles. The second-order valence-corrected chi connectivity index (χ2v) is 6.49.